The lowest BCUT2D eigenvalue weighted by Gasteiger charge is -2.13. The first-order chi connectivity index (χ1) is 14.9. The predicted octanol–water partition coefficient (Wildman–Crippen LogP) is 2.47. The van der Waals surface area contributed by atoms with Crippen molar-refractivity contribution in [1.29, 1.82) is 0 Å². The fourth-order valence-electron chi connectivity index (χ4n) is 2.86. The zero-order valence-corrected chi connectivity index (χ0v) is 18.1. The van der Waals surface area contributed by atoms with E-state index in [0.717, 1.165) is 5.56 Å². The Labute approximate surface area is 183 Å². The van der Waals surface area contributed by atoms with Gasteiger partial charge in [-0.15, -0.1) is 10.2 Å². The number of aryl methyl sites for hydroxylation is 2. The van der Waals surface area contributed by atoms with Gasteiger partial charge in [-0.1, -0.05) is 30.0 Å². The molecule has 0 aliphatic carbocycles. The van der Waals surface area contributed by atoms with Gasteiger partial charge in [-0.3, -0.25) is 14.4 Å². The van der Waals surface area contributed by atoms with Crippen LogP contribution in [0.3, 0.4) is 0 Å². The summed E-state index contributed by atoms with van der Waals surface area (Å²) < 4.78 is 1.72. The Bertz CT molecular complexity index is 1130. The van der Waals surface area contributed by atoms with Gasteiger partial charge < -0.3 is 20.5 Å². The Morgan fingerprint density at radius 3 is 2.55 bits per heavy atom. The Morgan fingerprint density at radius 1 is 1.06 bits per heavy atom. The molecule has 9 nitrogen and oxygen atoms in total. The van der Waals surface area contributed by atoms with E-state index in [1.807, 2.05) is 0 Å². The molecular weight excluding hydrogens is 416 g/mol. The summed E-state index contributed by atoms with van der Waals surface area (Å²) in [7, 11) is 3.33. The smallest absolute Gasteiger partial charge is 0.255 e. The zero-order chi connectivity index (χ0) is 22.4. The van der Waals surface area contributed by atoms with Gasteiger partial charge in [0.05, 0.1) is 17.0 Å². The summed E-state index contributed by atoms with van der Waals surface area (Å²) >= 11 is 1.26. The van der Waals surface area contributed by atoms with E-state index in [4.69, 9.17) is 0 Å². The number of aromatic nitrogens is 3. The molecule has 0 aliphatic heterocycles. The quantitative estimate of drug-likeness (QED) is 0.488. The first kappa shape index (κ1) is 22.0. The first-order valence-electron chi connectivity index (χ1n) is 9.38. The second kappa shape index (κ2) is 9.90. The van der Waals surface area contributed by atoms with Gasteiger partial charge in [0.25, 0.3) is 11.8 Å². The van der Waals surface area contributed by atoms with Crippen LogP contribution in [-0.2, 0) is 11.8 Å². The molecule has 0 bridgehead atoms. The van der Waals surface area contributed by atoms with Gasteiger partial charge in [-0.05, 0) is 36.8 Å². The number of nitrogens with one attached hydrogen (secondary N) is 3. The van der Waals surface area contributed by atoms with Gasteiger partial charge >= 0.3 is 0 Å². The number of rotatable bonds is 7. The van der Waals surface area contributed by atoms with Crippen LogP contribution >= 0.6 is 11.8 Å². The molecule has 160 valence electrons. The van der Waals surface area contributed by atoms with Crippen molar-refractivity contribution in [3.8, 4) is 0 Å². The van der Waals surface area contributed by atoms with Crippen molar-refractivity contribution in [1.82, 2.24) is 20.1 Å². The second-order valence-electron chi connectivity index (χ2n) is 6.67. The summed E-state index contributed by atoms with van der Waals surface area (Å²) in [6, 6.07) is 11.8. The summed E-state index contributed by atoms with van der Waals surface area (Å²) in [5, 5.41) is 16.4. The predicted molar refractivity (Wildman–Crippen MR) is 119 cm³/mol. The highest BCUT2D eigenvalue weighted by atomic mass is 32.2. The van der Waals surface area contributed by atoms with Crippen LogP contribution in [0.5, 0.6) is 0 Å². The Balaban J connectivity index is 1.68. The van der Waals surface area contributed by atoms with E-state index in [9.17, 15) is 14.4 Å². The third kappa shape index (κ3) is 5.48. The lowest BCUT2D eigenvalue weighted by molar-refractivity contribution is -0.113. The maximum Gasteiger partial charge on any atom is 0.255 e. The van der Waals surface area contributed by atoms with Crippen molar-refractivity contribution in [3.05, 3.63) is 65.5 Å². The molecule has 0 saturated carbocycles. The maximum absolute atomic E-state index is 12.8. The molecule has 0 radical (unpaired) electrons. The largest absolute Gasteiger partial charge is 0.355 e. The molecule has 3 rings (SSSR count). The first-order valence-corrected chi connectivity index (χ1v) is 10.4. The molecule has 1 aromatic heterocycles. The fraction of sp³-hybridized carbons (Fsp3) is 0.190. The highest BCUT2D eigenvalue weighted by molar-refractivity contribution is 7.99. The van der Waals surface area contributed by atoms with Gasteiger partial charge in [0.15, 0.2) is 5.16 Å². The average molecular weight is 439 g/mol. The van der Waals surface area contributed by atoms with Gasteiger partial charge in [0.2, 0.25) is 5.91 Å². The van der Waals surface area contributed by atoms with E-state index in [-0.39, 0.29) is 23.5 Å². The molecule has 0 saturated heterocycles. The minimum Gasteiger partial charge on any atom is -0.355 e. The summed E-state index contributed by atoms with van der Waals surface area (Å²) in [5.41, 5.74) is 2.41. The molecule has 0 spiro atoms. The average Bonchev–Trinajstić information content (AvgIpc) is 3.17. The van der Waals surface area contributed by atoms with E-state index in [2.05, 4.69) is 26.1 Å². The van der Waals surface area contributed by atoms with E-state index < -0.39 is 0 Å². The lowest BCUT2D eigenvalue weighted by Crippen LogP contribution is -2.22. The monoisotopic (exact) mass is 438 g/mol. The molecule has 10 heteroatoms. The molecule has 1 heterocycles. The molecule has 0 aliphatic rings. The van der Waals surface area contributed by atoms with Crippen LogP contribution < -0.4 is 16.0 Å². The molecule has 3 N–H and O–H groups in total. The van der Waals surface area contributed by atoms with Crippen LogP contribution in [0.15, 0.2) is 53.9 Å². The third-order valence-electron chi connectivity index (χ3n) is 4.39. The van der Waals surface area contributed by atoms with Gasteiger partial charge in [0, 0.05) is 25.3 Å². The number of thioether (sulfide) groups is 1. The summed E-state index contributed by atoms with van der Waals surface area (Å²) in [5.74, 6) is -0.747. The second-order valence-corrected chi connectivity index (χ2v) is 7.62. The number of hydrogen-bond acceptors (Lipinski definition) is 6. The highest BCUT2D eigenvalue weighted by Crippen LogP contribution is 2.21. The molecule has 0 fully saturated rings. The Morgan fingerprint density at radius 2 is 1.84 bits per heavy atom. The summed E-state index contributed by atoms with van der Waals surface area (Å²) in [6.45, 7) is 1.80. The van der Waals surface area contributed by atoms with E-state index in [1.54, 1.807) is 67.3 Å². The molecule has 3 amide bonds. The van der Waals surface area contributed by atoms with Crippen LogP contribution in [0.25, 0.3) is 0 Å². The van der Waals surface area contributed by atoms with Crippen molar-refractivity contribution in [3.63, 3.8) is 0 Å². The summed E-state index contributed by atoms with van der Waals surface area (Å²) in [6.07, 6.45) is 1.56. The van der Waals surface area contributed by atoms with Crippen molar-refractivity contribution in [2.75, 3.05) is 23.4 Å². The number of amides is 3. The number of nitrogens with zero attached hydrogens (tertiary/aromatic N) is 3. The minimum atomic E-state index is -0.389. The van der Waals surface area contributed by atoms with Crippen LogP contribution in [0.4, 0.5) is 11.4 Å². The molecule has 3 aromatic rings. The van der Waals surface area contributed by atoms with E-state index >= 15 is 0 Å². The van der Waals surface area contributed by atoms with Crippen molar-refractivity contribution < 1.29 is 14.4 Å². The van der Waals surface area contributed by atoms with Crippen LogP contribution in [0.1, 0.15) is 26.3 Å². The van der Waals surface area contributed by atoms with Gasteiger partial charge in [-0.2, -0.15) is 0 Å². The molecule has 2 aromatic carbocycles. The Kier molecular flexibility index (Phi) is 7.03. The standard InChI is InChI=1S/C21H22N6O3S/c1-13-6-4-9-16(18(13)20(30)22-2)25-19(29)14-7-5-8-15(10-14)24-17(28)11-31-21-26-23-12-27(21)3/h4-10,12H,11H2,1-3H3,(H,22,30)(H,24,28)(H,25,29). The fourth-order valence-corrected chi connectivity index (χ4v) is 3.55. The number of carbonyl (C=O) groups is 3. The third-order valence-corrected chi connectivity index (χ3v) is 5.42. The van der Waals surface area contributed by atoms with Gasteiger partial charge in [-0.25, -0.2) is 0 Å². The van der Waals surface area contributed by atoms with Crippen molar-refractivity contribution in [2.24, 2.45) is 7.05 Å². The van der Waals surface area contributed by atoms with Crippen LogP contribution in [0, 0.1) is 6.92 Å². The molecule has 0 unspecified atom stereocenters. The lowest BCUT2D eigenvalue weighted by atomic mass is 10.1. The van der Waals surface area contributed by atoms with Gasteiger partial charge in [0.1, 0.15) is 6.33 Å². The maximum atomic E-state index is 12.8. The zero-order valence-electron chi connectivity index (χ0n) is 17.3. The van der Waals surface area contributed by atoms with Crippen molar-refractivity contribution >= 4 is 40.9 Å². The van der Waals surface area contributed by atoms with Crippen LogP contribution in [0.2, 0.25) is 0 Å². The van der Waals surface area contributed by atoms with Crippen LogP contribution in [-0.4, -0.2) is 45.3 Å². The van der Waals surface area contributed by atoms with E-state index in [1.165, 1.54) is 18.8 Å². The molecule has 0 atom stereocenters. The summed E-state index contributed by atoms with van der Waals surface area (Å²) in [4.78, 5) is 37.2. The van der Waals surface area contributed by atoms with E-state index in [0.29, 0.717) is 27.7 Å². The minimum absolute atomic E-state index is 0.155. The SMILES string of the molecule is CNC(=O)c1c(C)cccc1NC(=O)c1cccc(NC(=O)CSc2nncn2C)c1. The Hall–Kier alpha value is -3.66. The topological polar surface area (TPSA) is 118 Å². The number of anilines is 2. The highest BCUT2D eigenvalue weighted by Gasteiger charge is 2.16. The number of benzene rings is 2. The number of hydrogen-bond donors (Lipinski definition) is 3. The normalized spacial score (nSPS) is 10.4. The molecular formula is C21H22N6O3S. The van der Waals surface area contributed by atoms with Crippen molar-refractivity contribution in [2.45, 2.75) is 12.1 Å². The molecule has 31 heavy (non-hydrogen) atoms. The number of carbonyl (C=O) groups excluding carboxylic acids is 3.